The molecule has 0 saturated carbocycles. The average molecular weight is 462 g/mol. The Morgan fingerprint density at radius 2 is 1.45 bits per heavy atom. The molecule has 0 aromatic heterocycles. The molecule has 0 radical (unpaired) electrons. The van der Waals surface area contributed by atoms with Crippen LogP contribution in [0.2, 0.25) is 0 Å². The second kappa shape index (κ2) is 15.2. The molecule has 0 saturated heterocycles. The van der Waals surface area contributed by atoms with E-state index in [1.165, 1.54) is 37.7 Å². The van der Waals surface area contributed by atoms with Gasteiger partial charge in [0, 0.05) is 19.0 Å². The van der Waals surface area contributed by atoms with E-state index in [1.807, 2.05) is 6.07 Å². The molecule has 1 aromatic rings. The van der Waals surface area contributed by atoms with Crippen LogP contribution < -0.4 is 14.8 Å². The fourth-order valence-corrected chi connectivity index (χ4v) is 3.48. The Morgan fingerprint density at radius 3 is 2.12 bits per heavy atom. The molecular weight excluding hydrogens is 410 g/mol. The molecule has 4 nitrogen and oxygen atoms in total. The Hall–Kier alpha value is -1.71. The quantitative estimate of drug-likeness (QED) is 0.225. The van der Waals surface area contributed by atoms with Crippen LogP contribution in [-0.4, -0.2) is 23.7 Å². The van der Waals surface area contributed by atoms with E-state index in [9.17, 15) is 4.79 Å². The first kappa shape index (κ1) is 29.3. The van der Waals surface area contributed by atoms with Crippen LogP contribution in [0.15, 0.2) is 18.2 Å². The van der Waals surface area contributed by atoms with Gasteiger partial charge in [0.2, 0.25) is 5.91 Å². The molecule has 0 spiro atoms. The maximum absolute atomic E-state index is 12.0. The van der Waals surface area contributed by atoms with E-state index in [0.717, 1.165) is 56.6 Å². The summed E-state index contributed by atoms with van der Waals surface area (Å²) in [5, 5.41) is 3.08. The van der Waals surface area contributed by atoms with Crippen LogP contribution >= 0.6 is 0 Å². The molecule has 0 fully saturated rings. The zero-order valence-corrected chi connectivity index (χ0v) is 22.6. The van der Waals surface area contributed by atoms with Gasteiger partial charge in [0.05, 0.1) is 0 Å². The largest absolute Gasteiger partial charge is 0.488 e. The smallest absolute Gasteiger partial charge is 0.219 e. The van der Waals surface area contributed by atoms with E-state index in [0.29, 0.717) is 6.42 Å². The number of unbranched alkanes of at least 4 members (excludes halogenated alkanes) is 6. The lowest BCUT2D eigenvalue weighted by Crippen LogP contribution is -2.28. The van der Waals surface area contributed by atoms with E-state index in [2.05, 4.69) is 65.9 Å². The standard InChI is InChI=1S/C29H51NO3/c1-8-11-12-13-14-15-19-27(31)30-22-17-16-18-24-20-21-25(32-28(4,5)9-2)23-26(24)33-29(6,7)10-3/h20-21,23H,8-19,22H2,1-7H3,(H,30,31). The van der Waals surface area contributed by atoms with Crippen LogP contribution in [0.3, 0.4) is 0 Å². The minimum absolute atomic E-state index is 0.194. The number of hydrogen-bond acceptors (Lipinski definition) is 3. The molecule has 0 aliphatic carbocycles. The number of carbonyl (C=O) groups excluding carboxylic acids is 1. The third kappa shape index (κ3) is 12.9. The molecule has 0 bridgehead atoms. The molecule has 1 rings (SSSR count). The van der Waals surface area contributed by atoms with Gasteiger partial charge in [-0.2, -0.15) is 0 Å². The Kier molecular flexibility index (Phi) is 13.5. The Morgan fingerprint density at radius 1 is 0.818 bits per heavy atom. The Labute approximate surface area is 204 Å². The fraction of sp³-hybridized carbons (Fsp3) is 0.759. The van der Waals surface area contributed by atoms with Crippen LogP contribution in [0.4, 0.5) is 0 Å². The van der Waals surface area contributed by atoms with Crippen LogP contribution in [-0.2, 0) is 11.2 Å². The number of benzene rings is 1. The van der Waals surface area contributed by atoms with Crippen molar-refractivity contribution in [2.75, 3.05) is 6.54 Å². The number of carbonyl (C=O) groups is 1. The molecule has 0 unspecified atom stereocenters. The lowest BCUT2D eigenvalue weighted by atomic mass is 10.0. The van der Waals surface area contributed by atoms with Crippen molar-refractivity contribution < 1.29 is 14.3 Å². The Bertz CT molecular complexity index is 681. The van der Waals surface area contributed by atoms with Crippen molar-refractivity contribution in [3.8, 4) is 11.5 Å². The predicted molar refractivity (Wildman–Crippen MR) is 140 cm³/mol. The van der Waals surface area contributed by atoms with Gasteiger partial charge in [-0.05, 0) is 77.8 Å². The molecule has 33 heavy (non-hydrogen) atoms. The average Bonchev–Trinajstić information content (AvgIpc) is 2.76. The van der Waals surface area contributed by atoms with Crippen molar-refractivity contribution in [2.24, 2.45) is 0 Å². The number of amides is 1. The first-order chi connectivity index (χ1) is 15.6. The summed E-state index contributed by atoms with van der Waals surface area (Å²) in [6, 6.07) is 6.24. The van der Waals surface area contributed by atoms with Gasteiger partial charge in [-0.1, -0.05) is 58.9 Å². The maximum atomic E-state index is 12.0. The molecular formula is C29H51NO3. The SMILES string of the molecule is CCCCCCCCC(=O)NCCCCc1ccc(OC(C)(C)CC)cc1OC(C)(C)CC. The van der Waals surface area contributed by atoms with Gasteiger partial charge in [-0.3, -0.25) is 4.79 Å². The van der Waals surface area contributed by atoms with Gasteiger partial charge in [0.15, 0.2) is 0 Å². The van der Waals surface area contributed by atoms with E-state index in [4.69, 9.17) is 9.47 Å². The van der Waals surface area contributed by atoms with Gasteiger partial charge in [0.25, 0.3) is 0 Å². The van der Waals surface area contributed by atoms with E-state index >= 15 is 0 Å². The molecule has 4 heteroatoms. The van der Waals surface area contributed by atoms with Crippen LogP contribution in [0.5, 0.6) is 11.5 Å². The fourth-order valence-electron chi connectivity index (χ4n) is 3.48. The van der Waals surface area contributed by atoms with Crippen molar-refractivity contribution in [3.05, 3.63) is 23.8 Å². The first-order valence-corrected chi connectivity index (χ1v) is 13.4. The normalized spacial score (nSPS) is 12.0. The van der Waals surface area contributed by atoms with E-state index in [-0.39, 0.29) is 17.1 Å². The van der Waals surface area contributed by atoms with Crippen molar-refractivity contribution in [1.29, 1.82) is 0 Å². The molecule has 190 valence electrons. The minimum Gasteiger partial charge on any atom is -0.488 e. The number of nitrogens with one attached hydrogen (secondary N) is 1. The number of ether oxygens (including phenoxy) is 2. The van der Waals surface area contributed by atoms with Gasteiger partial charge < -0.3 is 14.8 Å². The van der Waals surface area contributed by atoms with Crippen LogP contribution in [0, 0.1) is 0 Å². The lowest BCUT2D eigenvalue weighted by molar-refractivity contribution is -0.121. The molecule has 1 aromatic carbocycles. The second-order valence-electron chi connectivity index (χ2n) is 10.5. The lowest BCUT2D eigenvalue weighted by Gasteiger charge is -2.29. The zero-order chi connectivity index (χ0) is 24.7. The summed E-state index contributed by atoms with van der Waals surface area (Å²) in [4.78, 5) is 12.0. The number of hydrogen-bond donors (Lipinski definition) is 1. The highest BCUT2D eigenvalue weighted by Gasteiger charge is 2.21. The maximum Gasteiger partial charge on any atom is 0.219 e. The highest BCUT2D eigenvalue weighted by atomic mass is 16.5. The summed E-state index contributed by atoms with van der Waals surface area (Å²) < 4.78 is 12.6. The summed E-state index contributed by atoms with van der Waals surface area (Å²) in [7, 11) is 0. The summed E-state index contributed by atoms with van der Waals surface area (Å²) >= 11 is 0. The molecule has 0 aliphatic heterocycles. The third-order valence-electron chi connectivity index (χ3n) is 6.47. The number of aryl methyl sites for hydroxylation is 1. The monoisotopic (exact) mass is 461 g/mol. The zero-order valence-electron chi connectivity index (χ0n) is 22.6. The molecule has 0 aliphatic rings. The summed E-state index contributed by atoms with van der Waals surface area (Å²) in [6.07, 6.45) is 12.7. The van der Waals surface area contributed by atoms with Crippen molar-refractivity contribution >= 4 is 5.91 Å². The van der Waals surface area contributed by atoms with E-state index < -0.39 is 0 Å². The highest BCUT2D eigenvalue weighted by molar-refractivity contribution is 5.75. The first-order valence-electron chi connectivity index (χ1n) is 13.4. The topological polar surface area (TPSA) is 47.6 Å². The van der Waals surface area contributed by atoms with Gasteiger partial charge in [0.1, 0.15) is 22.7 Å². The van der Waals surface area contributed by atoms with Gasteiger partial charge >= 0.3 is 0 Å². The van der Waals surface area contributed by atoms with Crippen molar-refractivity contribution in [3.63, 3.8) is 0 Å². The van der Waals surface area contributed by atoms with Crippen molar-refractivity contribution in [2.45, 2.75) is 137 Å². The minimum atomic E-state index is -0.224. The van der Waals surface area contributed by atoms with Crippen molar-refractivity contribution in [1.82, 2.24) is 5.32 Å². The second-order valence-corrected chi connectivity index (χ2v) is 10.5. The third-order valence-corrected chi connectivity index (χ3v) is 6.47. The van der Waals surface area contributed by atoms with E-state index in [1.54, 1.807) is 0 Å². The van der Waals surface area contributed by atoms with Crippen LogP contribution in [0.25, 0.3) is 0 Å². The predicted octanol–water partition coefficient (Wildman–Crippen LogP) is 8.01. The number of rotatable bonds is 18. The highest BCUT2D eigenvalue weighted by Crippen LogP contribution is 2.32. The van der Waals surface area contributed by atoms with Gasteiger partial charge in [-0.15, -0.1) is 0 Å². The molecule has 1 N–H and O–H groups in total. The molecule has 0 heterocycles. The van der Waals surface area contributed by atoms with Crippen LogP contribution in [0.1, 0.15) is 125 Å². The molecule has 0 atom stereocenters. The summed E-state index contributed by atoms with van der Waals surface area (Å²) in [5.74, 6) is 1.96. The van der Waals surface area contributed by atoms with Gasteiger partial charge in [-0.25, -0.2) is 0 Å². The summed E-state index contributed by atoms with van der Waals surface area (Å²) in [5.41, 5.74) is 0.780. The Balaban J connectivity index is 2.51. The summed E-state index contributed by atoms with van der Waals surface area (Å²) in [6.45, 7) is 15.7. The molecule has 1 amide bonds.